The Bertz CT molecular complexity index is 586. The Balaban J connectivity index is 1.59. The van der Waals surface area contributed by atoms with E-state index < -0.39 is 0 Å². The van der Waals surface area contributed by atoms with Crippen molar-refractivity contribution in [3.05, 3.63) is 29.8 Å². The largest absolute Gasteiger partial charge is 0.372 e. The molecule has 0 aromatic heterocycles. The van der Waals surface area contributed by atoms with Gasteiger partial charge in [-0.05, 0) is 55.2 Å². The summed E-state index contributed by atoms with van der Waals surface area (Å²) >= 11 is 0. The zero-order chi connectivity index (χ0) is 17.1. The standard InChI is InChI=1S/C20H28N2O2/c1-14(2)13-15-9-11-22(12-10-15)17-5-3-16(4-6-17)18-7-8-19(23)21-20(18)24/h3-6,14-15,18H,7-13H2,1-2H3,(H,21,23,24). The first-order valence-corrected chi connectivity index (χ1v) is 9.21. The minimum absolute atomic E-state index is 0.155. The fraction of sp³-hybridized carbons (Fsp3) is 0.600. The van der Waals surface area contributed by atoms with E-state index in [0.29, 0.717) is 12.8 Å². The third-order valence-electron chi connectivity index (χ3n) is 5.32. The average Bonchev–Trinajstić information content (AvgIpc) is 2.55. The second kappa shape index (κ2) is 7.37. The van der Waals surface area contributed by atoms with E-state index in [1.807, 2.05) is 0 Å². The minimum atomic E-state index is -0.187. The van der Waals surface area contributed by atoms with Gasteiger partial charge in [0.15, 0.2) is 0 Å². The zero-order valence-corrected chi connectivity index (χ0v) is 14.8. The second-order valence-corrected chi connectivity index (χ2v) is 7.66. The first-order valence-electron chi connectivity index (χ1n) is 9.21. The molecule has 4 heteroatoms. The smallest absolute Gasteiger partial charge is 0.234 e. The van der Waals surface area contributed by atoms with Gasteiger partial charge in [0.2, 0.25) is 11.8 Å². The SMILES string of the molecule is CC(C)CC1CCN(c2ccc(C3CCC(=O)NC3=O)cc2)CC1. The summed E-state index contributed by atoms with van der Waals surface area (Å²) in [7, 11) is 0. The molecule has 1 N–H and O–H groups in total. The lowest BCUT2D eigenvalue weighted by molar-refractivity contribution is -0.134. The van der Waals surface area contributed by atoms with Gasteiger partial charge < -0.3 is 4.90 Å². The van der Waals surface area contributed by atoms with Crippen LogP contribution in [0.1, 0.15) is 57.4 Å². The highest BCUT2D eigenvalue weighted by Gasteiger charge is 2.28. The molecule has 1 atom stereocenters. The quantitative estimate of drug-likeness (QED) is 0.861. The molecule has 0 bridgehead atoms. The van der Waals surface area contributed by atoms with Crippen molar-refractivity contribution >= 4 is 17.5 Å². The lowest BCUT2D eigenvalue weighted by Gasteiger charge is -2.34. The van der Waals surface area contributed by atoms with Gasteiger partial charge in [0.1, 0.15) is 0 Å². The number of hydrogen-bond acceptors (Lipinski definition) is 3. The molecule has 2 aliphatic heterocycles. The van der Waals surface area contributed by atoms with Gasteiger partial charge in [-0.2, -0.15) is 0 Å². The molecule has 4 nitrogen and oxygen atoms in total. The van der Waals surface area contributed by atoms with E-state index >= 15 is 0 Å². The summed E-state index contributed by atoms with van der Waals surface area (Å²) in [4.78, 5) is 25.7. The van der Waals surface area contributed by atoms with Crippen LogP contribution in [-0.2, 0) is 9.59 Å². The summed E-state index contributed by atoms with van der Waals surface area (Å²) in [5, 5.41) is 2.44. The van der Waals surface area contributed by atoms with Crippen LogP contribution in [0.4, 0.5) is 5.69 Å². The lowest BCUT2D eigenvalue weighted by atomic mass is 9.88. The van der Waals surface area contributed by atoms with Crippen molar-refractivity contribution in [3.8, 4) is 0 Å². The Morgan fingerprint density at radius 1 is 1.08 bits per heavy atom. The van der Waals surface area contributed by atoms with Crippen LogP contribution < -0.4 is 10.2 Å². The topological polar surface area (TPSA) is 49.4 Å². The number of hydrogen-bond donors (Lipinski definition) is 1. The van der Waals surface area contributed by atoms with Crippen molar-refractivity contribution in [1.29, 1.82) is 0 Å². The molecule has 2 saturated heterocycles. The fourth-order valence-corrected chi connectivity index (χ4v) is 4.02. The van der Waals surface area contributed by atoms with Crippen LogP contribution in [0.2, 0.25) is 0 Å². The highest BCUT2D eigenvalue weighted by Crippen LogP contribution is 2.30. The number of amides is 2. The normalized spacial score (nSPS) is 22.8. The monoisotopic (exact) mass is 328 g/mol. The van der Waals surface area contributed by atoms with Crippen LogP contribution in [0.5, 0.6) is 0 Å². The molecule has 130 valence electrons. The molecule has 2 fully saturated rings. The molecule has 0 saturated carbocycles. The Labute approximate surface area is 144 Å². The van der Waals surface area contributed by atoms with Gasteiger partial charge in [-0.3, -0.25) is 14.9 Å². The molecular formula is C20H28N2O2. The van der Waals surface area contributed by atoms with E-state index in [0.717, 1.165) is 30.5 Å². The van der Waals surface area contributed by atoms with Gasteiger partial charge in [-0.15, -0.1) is 0 Å². The highest BCUT2D eigenvalue weighted by molar-refractivity contribution is 6.00. The summed E-state index contributed by atoms with van der Waals surface area (Å²) in [6, 6.07) is 8.36. The van der Waals surface area contributed by atoms with Crippen molar-refractivity contribution in [2.24, 2.45) is 11.8 Å². The third kappa shape index (κ3) is 3.97. The van der Waals surface area contributed by atoms with Crippen LogP contribution in [-0.4, -0.2) is 24.9 Å². The molecule has 1 unspecified atom stereocenters. The summed E-state index contributed by atoms with van der Waals surface area (Å²) in [6.07, 6.45) is 4.93. The maximum absolute atomic E-state index is 12.0. The molecule has 2 amide bonds. The van der Waals surface area contributed by atoms with Crippen molar-refractivity contribution in [2.45, 2.75) is 51.9 Å². The van der Waals surface area contributed by atoms with E-state index in [9.17, 15) is 9.59 Å². The number of piperidine rings is 2. The van der Waals surface area contributed by atoms with E-state index in [1.54, 1.807) is 0 Å². The Morgan fingerprint density at radius 2 is 1.75 bits per heavy atom. The van der Waals surface area contributed by atoms with Crippen molar-refractivity contribution in [2.75, 3.05) is 18.0 Å². The molecule has 1 aromatic carbocycles. The number of carbonyl (C=O) groups excluding carboxylic acids is 2. The van der Waals surface area contributed by atoms with Crippen molar-refractivity contribution in [1.82, 2.24) is 5.32 Å². The average molecular weight is 328 g/mol. The fourth-order valence-electron chi connectivity index (χ4n) is 4.02. The molecular weight excluding hydrogens is 300 g/mol. The molecule has 24 heavy (non-hydrogen) atoms. The molecule has 2 aliphatic rings. The number of anilines is 1. The number of nitrogens with one attached hydrogen (secondary N) is 1. The van der Waals surface area contributed by atoms with E-state index in [2.05, 4.69) is 48.3 Å². The molecule has 0 radical (unpaired) electrons. The van der Waals surface area contributed by atoms with Crippen LogP contribution in [0.3, 0.4) is 0 Å². The van der Waals surface area contributed by atoms with Crippen LogP contribution in [0.15, 0.2) is 24.3 Å². The molecule has 0 aliphatic carbocycles. The first kappa shape index (κ1) is 17.0. The maximum atomic E-state index is 12.0. The molecule has 1 aromatic rings. The zero-order valence-electron chi connectivity index (χ0n) is 14.8. The Hall–Kier alpha value is -1.84. The predicted octanol–water partition coefficient (Wildman–Crippen LogP) is 3.47. The number of imide groups is 1. The predicted molar refractivity (Wildman–Crippen MR) is 96.0 cm³/mol. The van der Waals surface area contributed by atoms with Crippen LogP contribution in [0.25, 0.3) is 0 Å². The van der Waals surface area contributed by atoms with Gasteiger partial charge >= 0.3 is 0 Å². The van der Waals surface area contributed by atoms with E-state index in [1.165, 1.54) is 24.9 Å². The number of benzene rings is 1. The molecule has 2 heterocycles. The summed E-state index contributed by atoms with van der Waals surface area (Å²) in [5.74, 6) is 1.15. The summed E-state index contributed by atoms with van der Waals surface area (Å²) < 4.78 is 0. The van der Waals surface area contributed by atoms with Crippen LogP contribution in [0, 0.1) is 11.8 Å². The Kier molecular flexibility index (Phi) is 5.22. The summed E-state index contributed by atoms with van der Waals surface area (Å²) in [5.41, 5.74) is 2.26. The van der Waals surface area contributed by atoms with Crippen LogP contribution >= 0.6 is 0 Å². The summed E-state index contributed by atoms with van der Waals surface area (Å²) in [6.45, 7) is 6.85. The van der Waals surface area contributed by atoms with Gasteiger partial charge in [0.25, 0.3) is 0 Å². The van der Waals surface area contributed by atoms with E-state index in [4.69, 9.17) is 0 Å². The lowest BCUT2D eigenvalue weighted by Crippen LogP contribution is -2.39. The number of rotatable bonds is 4. The first-order chi connectivity index (χ1) is 11.5. The number of nitrogens with zero attached hydrogens (tertiary/aromatic N) is 1. The minimum Gasteiger partial charge on any atom is -0.372 e. The van der Waals surface area contributed by atoms with Gasteiger partial charge in [0.05, 0.1) is 5.92 Å². The van der Waals surface area contributed by atoms with Crippen molar-refractivity contribution < 1.29 is 9.59 Å². The Morgan fingerprint density at radius 3 is 2.33 bits per heavy atom. The third-order valence-corrected chi connectivity index (χ3v) is 5.32. The second-order valence-electron chi connectivity index (χ2n) is 7.66. The molecule has 0 spiro atoms. The van der Waals surface area contributed by atoms with Crippen molar-refractivity contribution in [3.63, 3.8) is 0 Å². The van der Waals surface area contributed by atoms with Gasteiger partial charge in [0, 0.05) is 25.2 Å². The van der Waals surface area contributed by atoms with E-state index in [-0.39, 0.29) is 17.7 Å². The highest BCUT2D eigenvalue weighted by atomic mass is 16.2. The number of carbonyl (C=O) groups is 2. The van der Waals surface area contributed by atoms with Gasteiger partial charge in [-0.25, -0.2) is 0 Å². The molecule has 3 rings (SSSR count). The van der Waals surface area contributed by atoms with Gasteiger partial charge in [-0.1, -0.05) is 26.0 Å². The maximum Gasteiger partial charge on any atom is 0.234 e.